The molecule has 0 aliphatic carbocycles. The summed E-state index contributed by atoms with van der Waals surface area (Å²) in [6.45, 7) is 9.91. The Hall–Kier alpha value is -2.19. The highest BCUT2D eigenvalue weighted by atomic mass is 32.2. The first-order valence-corrected chi connectivity index (χ1v) is 11.6. The Bertz CT molecular complexity index is 754. The van der Waals surface area contributed by atoms with E-state index >= 15 is 0 Å². The molecule has 0 radical (unpaired) electrons. The van der Waals surface area contributed by atoms with E-state index in [1.54, 1.807) is 13.0 Å². The van der Waals surface area contributed by atoms with Crippen LogP contribution in [0.5, 0.6) is 0 Å². The second kappa shape index (κ2) is 13.9. The van der Waals surface area contributed by atoms with Crippen molar-refractivity contribution in [3.05, 3.63) is 52.7 Å². The van der Waals surface area contributed by atoms with Gasteiger partial charge in [0.1, 0.15) is 0 Å². The first kappa shape index (κ1) is 24.8. The highest BCUT2D eigenvalue weighted by molar-refractivity contribution is 7.99. The van der Waals surface area contributed by atoms with Crippen molar-refractivity contribution in [2.75, 3.05) is 24.6 Å². The van der Waals surface area contributed by atoms with Gasteiger partial charge in [-0.2, -0.15) is 17.0 Å². The number of nitrogens with zero attached hydrogens (tertiary/aromatic N) is 2. The number of nitriles is 1. The van der Waals surface area contributed by atoms with Crippen molar-refractivity contribution < 1.29 is 9.90 Å². The number of carboxylic acids is 1. The van der Waals surface area contributed by atoms with Crippen LogP contribution >= 0.6 is 11.8 Å². The molecule has 158 valence electrons. The molecule has 1 rings (SSSR count). The first-order chi connectivity index (χ1) is 14.0. The normalized spacial score (nSPS) is 12.3. The molecule has 0 saturated carbocycles. The van der Waals surface area contributed by atoms with Crippen LogP contribution in [-0.2, 0) is 4.79 Å². The van der Waals surface area contributed by atoms with E-state index in [1.165, 1.54) is 0 Å². The third-order valence-electron chi connectivity index (χ3n) is 4.69. The summed E-state index contributed by atoms with van der Waals surface area (Å²) in [6.07, 6.45) is 6.10. The fourth-order valence-electron chi connectivity index (χ4n) is 2.97. The Kier molecular flexibility index (Phi) is 11.9. The number of carbonyl (C=O) groups is 1. The Morgan fingerprint density at radius 2 is 1.86 bits per heavy atom. The van der Waals surface area contributed by atoms with E-state index in [9.17, 15) is 15.2 Å². The number of hydrogen-bond acceptors (Lipinski definition) is 4. The average molecular weight is 415 g/mol. The van der Waals surface area contributed by atoms with E-state index in [1.807, 2.05) is 36.0 Å². The number of unbranched alkanes of at least 4 members (excludes halogenated alkanes) is 2. The third-order valence-corrected chi connectivity index (χ3v) is 5.60. The first-order valence-electron chi connectivity index (χ1n) is 10.5. The zero-order valence-corrected chi connectivity index (χ0v) is 19.0. The fourth-order valence-corrected chi connectivity index (χ4v) is 3.70. The van der Waals surface area contributed by atoms with Gasteiger partial charge in [-0.3, -0.25) is 0 Å². The smallest absolute Gasteiger partial charge is 0.331 e. The maximum absolute atomic E-state index is 11.6. The van der Waals surface area contributed by atoms with Crippen LogP contribution in [0.1, 0.15) is 64.5 Å². The van der Waals surface area contributed by atoms with Crippen LogP contribution in [0.15, 0.2) is 41.6 Å². The van der Waals surface area contributed by atoms with Gasteiger partial charge in [0.15, 0.2) is 0 Å². The lowest BCUT2D eigenvalue weighted by molar-refractivity contribution is -0.132. The number of thioether (sulfide) groups is 1. The molecule has 1 N–H and O–H groups in total. The van der Waals surface area contributed by atoms with E-state index in [0.29, 0.717) is 11.1 Å². The molecule has 0 saturated heterocycles. The molecular weight excluding hydrogens is 380 g/mol. The van der Waals surface area contributed by atoms with Gasteiger partial charge in [-0.05, 0) is 54.9 Å². The van der Waals surface area contributed by atoms with E-state index in [2.05, 4.69) is 31.7 Å². The van der Waals surface area contributed by atoms with Gasteiger partial charge in [0.25, 0.3) is 0 Å². The molecule has 0 fully saturated rings. The van der Waals surface area contributed by atoms with Crippen LogP contribution in [0, 0.1) is 11.3 Å². The topological polar surface area (TPSA) is 64.3 Å². The van der Waals surface area contributed by atoms with Crippen molar-refractivity contribution in [1.29, 1.82) is 5.26 Å². The summed E-state index contributed by atoms with van der Waals surface area (Å²) in [5, 5.41) is 18.9. The monoisotopic (exact) mass is 414 g/mol. The summed E-state index contributed by atoms with van der Waals surface area (Å²) in [5.74, 6) is 0.848. The van der Waals surface area contributed by atoms with Gasteiger partial charge in [0, 0.05) is 30.1 Å². The molecule has 0 spiro atoms. The molecule has 0 bridgehead atoms. The minimum atomic E-state index is -0.901. The van der Waals surface area contributed by atoms with Crippen LogP contribution < -0.4 is 0 Å². The van der Waals surface area contributed by atoms with Crippen molar-refractivity contribution in [2.45, 2.75) is 53.4 Å². The number of carboxylic acid groups (broad SMARTS) is 1. The van der Waals surface area contributed by atoms with Crippen molar-refractivity contribution in [3.63, 3.8) is 0 Å². The summed E-state index contributed by atoms with van der Waals surface area (Å²) in [5.41, 5.74) is 4.01. The molecule has 1 aromatic rings. The number of benzene rings is 1. The van der Waals surface area contributed by atoms with Gasteiger partial charge in [-0.1, -0.05) is 45.7 Å². The largest absolute Gasteiger partial charge is 0.478 e. The highest BCUT2D eigenvalue weighted by Crippen LogP contribution is 2.28. The minimum Gasteiger partial charge on any atom is -0.478 e. The lowest BCUT2D eigenvalue weighted by Gasteiger charge is -2.29. The zero-order valence-electron chi connectivity index (χ0n) is 18.2. The predicted molar refractivity (Wildman–Crippen MR) is 124 cm³/mol. The molecule has 0 aliphatic heterocycles. The van der Waals surface area contributed by atoms with Gasteiger partial charge < -0.3 is 10.0 Å². The van der Waals surface area contributed by atoms with Crippen LogP contribution in [0.3, 0.4) is 0 Å². The molecule has 29 heavy (non-hydrogen) atoms. The SMILES string of the molecule is CCCCN(CCCC)C(/C=C(\C)C(=O)O)=C(/CSCC)c1cccc(C#N)c1. The lowest BCUT2D eigenvalue weighted by Crippen LogP contribution is -2.26. The van der Waals surface area contributed by atoms with Crippen molar-refractivity contribution in [3.8, 4) is 6.07 Å². The zero-order chi connectivity index (χ0) is 21.6. The van der Waals surface area contributed by atoms with Crippen LogP contribution in [0.4, 0.5) is 0 Å². The maximum Gasteiger partial charge on any atom is 0.331 e. The molecule has 5 heteroatoms. The highest BCUT2D eigenvalue weighted by Gasteiger charge is 2.17. The second-order valence-corrected chi connectivity index (χ2v) is 8.29. The Balaban J connectivity index is 3.67. The van der Waals surface area contributed by atoms with Gasteiger partial charge in [0.2, 0.25) is 0 Å². The standard InChI is InChI=1S/C24H34N2O2S/c1-5-8-13-26(14-9-6-2)23(15-19(4)24(27)28)22(18-29-7-3)21-12-10-11-20(16-21)17-25/h10-12,15-16H,5-9,13-14,18H2,1-4H3,(H,27,28)/b19-15+,23-22-. The number of allylic oxidation sites excluding steroid dienone is 1. The van der Waals surface area contributed by atoms with Gasteiger partial charge >= 0.3 is 5.97 Å². The Morgan fingerprint density at radius 3 is 2.38 bits per heavy atom. The minimum absolute atomic E-state index is 0.327. The number of rotatable bonds is 13. The van der Waals surface area contributed by atoms with Gasteiger partial charge in [-0.25, -0.2) is 4.79 Å². The molecule has 0 aliphatic rings. The summed E-state index contributed by atoms with van der Waals surface area (Å²) in [6, 6.07) is 9.86. The average Bonchev–Trinajstić information content (AvgIpc) is 2.73. The quantitative estimate of drug-likeness (QED) is 0.319. The summed E-state index contributed by atoms with van der Waals surface area (Å²) >= 11 is 1.81. The van der Waals surface area contributed by atoms with Crippen LogP contribution in [0.2, 0.25) is 0 Å². The fraction of sp³-hybridized carbons (Fsp3) is 0.500. The van der Waals surface area contributed by atoms with E-state index in [0.717, 1.165) is 67.1 Å². The second-order valence-electron chi connectivity index (χ2n) is 7.02. The van der Waals surface area contributed by atoms with Gasteiger partial charge in [0.05, 0.1) is 11.6 Å². The van der Waals surface area contributed by atoms with Crippen molar-refractivity contribution >= 4 is 23.3 Å². The Labute approximate surface area is 180 Å². The van der Waals surface area contributed by atoms with E-state index in [4.69, 9.17) is 0 Å². The van der Waals surface area contributed by atoms with Crippen LogP contribution in [0.25, 0.3) is 5.57 Å². The summed E-state index contributed by atoms with van der Waals surface area (Å²) in [7, 11) is 0. The lowest BCUT2D eigenvalue weighted by atomic mass is 10.0. The van der Waals surface area contributed by atoms with E-state index < -0.39 is 5.97 Å². The summed E-state index contributed by atoms with van der Waals surface area (Å²) < 4.78 is 0. The van der Waals surface area contributed by atoms with Crippen molar-refractivity contribution in [1.82, 2.24) is 4.90 Å². The van der Waals surface area contributed by atoms with Crippen molar-refractivity contribution in [2.24, 2.45) is 0 Å². The summed E-state index contributed by atoms with van der Waals surface area (Å²) in [4.78, 5) is 13.9. The van der Waals surface area contributed by atoms with Crippen LogP contribution in [-0.4, -0.2) is 40.6 Å². The number of hydrogen-bond donors (Lipinski definition) is 1. The van der Waals surface area contributed by atoms with Gasteiger partial charge in [-0.15, -0.1) is 0 Å². The predicted octanol–water partition coefficient (Wildman–Crippen LogP) is 5.96. The Morgan fingerprint density at radius 1 is 1.21 bits per heavy atom. The molecule has 0 atom stereocenters. The van der Waals surface area contributed by atoms with E-state index in [-0.39, 0.29) is 0 Å². The molecule has 4 nitrogen and oxygen atoms in total. The molecular formula is C24H34N2O2S. The third kappa shape index (κ3) is 8.37. The molecule has 0 amide bonds. The maximum atomic E-state index is 11.6. The molecule has 0 unspecified atom stereocenters. The number of aliphatic carboxylic acids is 1. The molecule has 1 aromatic carbocycles. The molecule has 0 aromatic heterocycles. The molecule has 0 heterocycles.